The summed E-state index contributed by atoms with van der Waals surface area (Å²) in [5, 5.41) is 12.1. The van der Waals surface area contributed by atoms with Gasteiger partial charge in [-0.15, -0.1) is 0 Å². The number of rotatable bonds is 7. The molecule has 1 atom stereocenters. The van der Waals surface area contributed by atoms with Crippen LogP contribution in [0, 0.1) is 11.3 Å². The van der Waals surface area contributed by atoms with Gasteiger partial charge in [0.25, 0.3) is 0 Å². The van der Waals surface area contributed by atoms with Crippen LogP contribution in [0.2, 0.25) is 0 Å². The molecule has 0 aliphatic rings. The number of hydrogen-bond acceptors (Lipinski definition) is 4. The second-order valence-corrected chi connectivity index (χ2v) is 6.89. The standard InChI is InChI=1S/C17H19N3O2S/c1-14(16-7-5-6-15(12-16)13-18)19-10-11-20-23(21,22)17-8-3-2-4-9-17/h2-9,12,14,19-20H,10-11H2,1H3/t14-/m1/s1. The molecule has 0 aromatic heterocycles. The molecule has 0 aliphatic carbocycles. The van der Waals surface area contributed by atoms with E-state index in [0.29, 0.717) is 18.7 Å². The van der Waals surface area contributed by atoms with Crippen molar-refractivity contribution in [1.82, 2.24) is 10.0 Å². The van der Waals surface area contributed by atoms with Gasteiger partial charge in [-0.05, 0) is 36.8 Å². The van der Waals surface area contributed by atoms with Gasteiger partial charge in [0, 0.05) is 19.1 Å². The van der Waals surface area contributed by atoms with Gasteiger partial charge >= 0.3 is 0 Å². The van der Waals surface area contributed by atoms with Gasteiger partial charge < -0.3 is 5.32 Å². The number of nitriles is 1. The van der Waals surface area contributed by atoms with E-state index in [1.54, 1.807) is 36.4 Å². The van der Waals surface area contributed by atoms with E-state index in [0.717, 1.165) is 5.56 Å². The van der Waals surface area contributed by atoms with Crippen molar-refractivity contribution < 1.29 is 8.42 Å². The largest absolute Gasteiger partial charge is 0.309 e. The van der Waals surface area contributed by atoms with Crippen molar-refractivity contribution in [3.63, 3.8) is 0 Å². The first-order valence-corrected chi connectivity index (χ1v) is 8.79. The Hall–Kier alpha value is -2.20. The first-order valence-electron chi connectivity index (χ1n) is 7.31. The molecule has 0 saturated carbocycles. The Balaban J connectivity index is 1.84. The molecular formula is C17H19N3O2S. The summed E-state index contributed by atoms with van der Waals surface area (Å²) in [5.74, 6) is 0. The maximum Gasteiger partial charge on any atom is 0.240 e. The molecule has 0 unspecified atom stereocenters. The van der Waals surface area contributed by atoms with Crippen molar-refractivity contribution in [3.8, 4) is 6.07 Å². The summed E-state index contributed by atoms with van der Waals surface area (Å²) in [7, 11) is -3.47. The zero-order valence-corrected chi connectivity index (χ0v) is 13.7. The first kappa shape index (κ1) is 17.2. The highest BCUT2D eigenvalue weighted by molar-refractivity contribution is 7.89. The van der Waals surface area contributed by atoms with Crippen molar-refractivity contribution in [2.24, 2.45) is 0 Å². The predicted molar refractivity (Wildman–Crippen MR) is 89.2 cm³/mol. The molecule has 0 saturated heterocycles. The third kappa shape index (κ3) is 4.89. The molecule has 5 nitrogen and oxygen atoms in total. The fraction of sp³-hybridized carbons (Fsp3) is 0.235. The van der Waals surface area contributed by atoms with Gasteiger partial charge in [-0.2, -0.15) is 5.26 Å². The van der Waals surface area contributed by atoms with Crippen LogP contribution in [0.3, 0.4) is 0 Å². The summed E-state index contributed by atoms with van der Waals surface area (Å²) in [4.78, 5) is 0.259. The topological polar surface area (TPSA) is 82.0 Å². The second-order valence-electron chi connectivity index (χ2n) is 5.12. The van der Waals surface area contributed by atoms with Crippen molar-refractivity contribution in [2.75, 3.05) is 13.1 Å². The lowest BCUT2D eigenvalue weighted by Gasteiger charge is -2.15. The first-order chi connectivity index (χ1) is 11.0. The van der Waals surface area contributed by atoms with Crippen LogP contribution >= 0.6 is 0 Å². The lowest BCUT2D eigenvalue weighted by atomic mass is 10.1. The molecule has 0 fully saturated rings. The highest BCUT2D eigenvalue weighted by Gasteiger charge is 2.12. The van der Waals surface area contributed by atoms with Crippen LogP contribution in [0.5, 0.6) is 0 Å². The molecule has 120 valence electrons. The summed E-state index contributed by atoms with van der Waals surface area (Å²) in [6.07, 6.45) is 0. The Bertz CT molecular complexity index is 783. The van der Waals surface area contributed by atoms with Crippen molar-refractivity contribution in [1.29, 1.82) is 5.26 Å². The Kier molecular flexibility index (Phi) is 5.88. The normalized spacial score (nSPS) is 12.5. The average Bonchev–Trinajstić information content (AvgIpc) is 2.59. The van der Waals surface area contributed by atoms with E-state index >= 15 is 0 Å². The summed E-state index contributed by atoms with van der Waals surface area (Å²) in [5.41, 5.74) is 1.61. The monoisotopic (exact) mass is 329 g/mol. The Morgan fingerprint density at radius 1 is 1.09 bits per heavy atom. The minimum Gasteiger partial charge on any atom is -0.309 e. The summed E-state index contributed by atoms with van der Waals surface area (Å²) in [6, 6.07) is 17.8. The van der Waals surface area contributed by atoms with Gasteiger partial charge in [0.05, 0.1) is 16.5 Å². The van der Waals surface area contributed by atoms with Crippen LogP contribution in [0.4, 0.5) is 0 Å². The van der Waals surface area contributed by atoms with E-state index in [1.807, 2.05) is 25.1 Å². The zero-order chi connectivity index (χ0) is 16.7. The van der Waals surface area contributed by atoms with E-state index in [4.69, 9.17) is 5.26 Å². The lowest BCUT2D eigenvalue weighted by molar-refractivity contribution is 0.553. The maximum atomic E-state index is 12.1. The van der Waals surface area contributed by atoms with Crippen molar-refractivity contribution in [2.45, 2.75) is 17.9 Å². The van der Waals surface area contributed by atoms with Crippen LogP contribution in [-0.2, 0) is 10.0 Å². The molecule has 0 amide bonds. The number of benzene rings is 2. The van der Waals surface area contributed by atoms with Crippen LogP contribution in [0.25, 0.3) is 0 Å². The van der Waals surface area contributed by atoms with Gasteiger partial charge in [-0.1, -0.05) is 30.3 Å². The average molecular weight is 329 g/mol. The number of nitrogens with zero attached hydrogens (tertiary/aromatic N) is 1. The fourth-order valence-electron chi connectivity index (χ4n) is 2.15. The molecule has 23 heavy (non-hydrogen) atoms. The maximum absolute atomic E-state index is 12.1. The van der Waals surface area contributed by atoms with E-state index < -0.39 is 10.0 Å². The van der Waals surface area contributed by atoms with Gasteiger partial charge in [-0.25, -0.2) is 13.1 Å². The molecule has 0 aliphatic heterocycles. The molecule has 0 bridgehead atoms. The molecule has 0 radical (unpaired) electrons. The van der Waals surface area contributed by atoms with Crippen LogP contribution < -0.4 is 10.0 Å². The second kappa shape index (κ2) is 7.88. The highest BCUT2D eigenvalue weighted by Crippen LogP contribution is 2.13. The lowest BCUT2D eigenvalue weighted by Crippen LogP contribution is -2.33. The van der Waals surface area contributed by atoms with E-state index in [1.165, 1.54) is 0 Å². The zero-order valence-electron chi connectivity index (χ0n) is 12.9. The van der Waals surface area contributed by atoms with Gasteiger partial charge in [0.15, 0.2) is 0 Å². The van der Waals surface area contributed by atoms with E-state index in [-0.39, 0.29) is 10.9 Å². The Morgan fingerprint density at radius 2 is 1.83 bits per heavy atom. The van der Waals surface area contributed by atoms with Gasteiger partial charge in [0.1, 0.15) is 0 Å². The molecule has 2 rings (SSSR count). The van der Waals surface area contributed by atoms with Crippen molar-refractivity contribution in [3.05, 3.63) is 65.7 Å². The van der Waals surface area contributed by atoms with Crippen LogP contribution in [0.15, 0.2) is 59.5 Å². The van der Waals surface area contributed by atoms with Crippen molar-refractivity contribution >= 4 is 10.0 Å². The molecule has 2 N–H and O–H groups in total. The quantitative estimate of drug-likeness (QED) is 0.763. The van der Waals surface area contributed by atoms with E-state index in [2.05, 4.69) is 16.1 Å². The third-order valence-corrected chi connectivity index (χ3v) is 4.91. The number of sulfonamides is 1. The molecule has 2 aromatic carbocycles. The molecule has 2 aromatic rings. The Morgan fingerprint density at radius 3 is 2.52 bits per heavy atom. The molecule has 6 heteroatoms. The molecular weight excluding hydrogens is 310 g/mol. The number of nitrogens with one attached hydrogen (secondary N) is 2. The molecule has 0 heterocycles. The predicted octanol–water partition coefficient (Wildman–Crippen LogP) is 2.19. The minimum atomic E-state index is -3.47. The Labute approximate surface area is 137 Å². The number of hydrogen-bond donors (Lipinski definition) is 2. The summed E-state index contributed by atoms with van der Waals surface area (Å²) < 4.78 is 26.7. The van der Waals surface area contributed by atoms with Crippen LogP contribution in [-0.4, -0.2) is 21.5 Å². The van der Waals surface area contributed by atoms with E-state index in [9.17, 15) is 8.42 Å². The van der Waals surface area contributed by atoms with Gasteiger partial charge in [0.2, 0.25) is 10.0 Å². The SMILES string of the molecule is C[C@@H](NCCNS(=O)(=O)c1ccccc1)c1cccc(C#N)c1. The van der Waals surface area contributed by atoms with Crippen LogP contribution in [0.1, 0.15) is 24.1 Å². The summed E-state index contributed by atoms with van der Waals surface area (Å²) in [6.45, 7) is 2.76. The smallest absolute Gasteiger partial charge is 0.240 e. The highest BCUT2D eigenvalue weighted by atomic mass is 32.2. The fourth-order valence-corrected chi connectivity index (χ4v) is 3.21. The minimum absolute atomic E-state index is 0.0320. The summed E-state index contributed by atoms with van der Waals surface area (Å²) >= 11 is 0. The van der Waals surface area contributed by atoms with Gasteiger partial charge in [-0.3, -0.25) is 0 Å². The molecule has 0 spiro atoms. The third-order valence-electron chi connectivity index (χ3n) is 3.44.